The lowest BCUT2D eigenvalue weighted by Crippen LogP contribution is -2.26. The second-order valence-electron chi connectivity index (χ2n) is 2.90. The van der Waals surface area contributed by atoms with E-state index in [0.717, 1.165) is 0 Å². The van der Waals surface area contributed by atoms with Gasteiger partial charge in [0.25, 0.3) is 5.69 Å². The number of guanidine groups is 2. The standard InChI is InChI=1S/C8H9BrN6O2/c9-5-2-1-4(3-6(5)15(16)17)13-8(12)14-7(10)11/h1-3H,(H6,10,11,12,13,14). The van der Waals surface area contributed by atoms with Gasteiger partial charge in [-0.15, -0.1) is 0 Å². The molecule has 0 aromatic heterocycles. The fourth-order valence-electron chi connectivity index (χ4n) is 1.00. The number of nitrogens with zero attached hydrogens (tertiary/aromatic N) is 3. The predicted octanol–water partition coefficient (Wildman–Crippen LogP) is 0.577. The molecule has 0 amide bonds. The van der Waals surface area contributed by atoms with Gasteiger partial charge in [0, 0.05) is 6.07 Å². The van der Waals surface area contributed by atoms with Gasteiger partial charge < -0.3 is 17.2 Å². The highest BCUT2D eigenvalue weighted by molar-refractivity contribution is 9.10. The first-order chi connectivity index (χ1) is 7.90. The van der Waals surface area contributed by atoms with Crippen molar-refractivity contribution in [3.05, 3.63) is 32.8 Å². The van der Waals surface area contributed by atoms with Crippen LogP contribution in [0.1, 0.15) is 0 Å². The van der Waals surface area contributed by atoms with E-state index in [0.29, 0.717) is 4.47 Å². The van der Waals surface area contributed by atoms with E-state index in [-0.39, 0.29) is 23.3 Å². The van der Waals surface area contributed by atoms with E-state index in [2.05, 4.69) is 25.9 Å². The summed E-state index contributed by atoms with van der Waals surface area (Å²) in [5.41, 5.74) is 15.8. The monoisotopic (exact) mass is 300 g/mol. The van der Waals surface area contributed by atoms with Crippen LogP contribution in [0.25, 0.3) is 0 Å². The number of nitrogens with two attached hydrogens (primary N) is 3. The topological polar surface area (TPSA) is 146 Å². The summed E-state index contributed by atoms with van der Waals surface area (Å²) in [5.74, 6) is -0.417. The van der Waals surface area contributed by atoms with Crippen LogP contribution >= 0.6 is 15.9 Å². The van der Waals surface area contributed by atoms with Crippen molar-refractivity contribution in [2.24, 2.45) is 27.2 Å². The number of hydrogen-bond acceptors (Lipinski definition) is 3. The van der Waals surface area contributed by atoms with E-state index in [1.165, 1.54) is 18.2 Å². The zero-order valence-corrected chi connectivity index (χ0v) is 10.1. The Bertz CT molecular complexity index is 509. The Hall–Kier alpha value is -2.16. The van der Waals surface area contributed by atoms with Gasteiger partial charge in [0.1, 0.15) is 0 Å². The maximum absolute atomic E-state index is 10.7. The molecule has 9 heteroatoms. The van der Waals surface area contributed by atoms with E-state index in [1.54, 1.807) is 0 Å². The molecule has 6 N–H and O–H groups in total. The molecule has 8 nitrogen and oxygen atoms in total. The molecule has 0 radical (unpaired) electrons. The molecule has 0 atom stereocenters. The summed E-state index contributed by atoms with van der Waals surface area (Å²) in [6.45, 7) is 0. The van der Waals surface area contributed by atoms with Crippen LogP contribution in [0.4, 0.5) is 11.4 Å². The van der Waals surface area contributed by atoms with E-state index in [9.17, 15) is 10.1 Å². The highest BCUT2D eigenvalue weighted by Crippen LogP contribution is 2.29. The van der Waals surface area contributed by atoms with Crippen LogP contribution in [0.3, 0.4) is 0 Å². The molecule has 0 saturated carbocycles. The fourth-order valence-corrected chi connectivity index (χ4v) is 1.39. The third kappa shape index (κ3) is 3.72. The van der Waals surface area contributed by atoms with Crippen LogP contribution in [-0.2, 0) is 0 Å². The highest BCUT2D eigenvalue weighted by Gasteiger charge is 2.12. The van der Waals surface area contributed by atoms with Crippen LogP contribution in [0.5, 0.6) is 0 Å². The summed E-state index contributed by atoms with van der Waals surface area (Å²) in [6, 6.07) is 4.27. The Morgan fingerprint density at radius 1 is 1.35 bits per heavy atom. The van der Waals surface area contributed by atoms with Gasteiger partial charge in [-0.05, 0) is 28.1 Å². The third-order valence-electron chi connectivity index (χ3n) is 1.61. The summed E-state index contributed by atoms with van der Waals surface area (Å²) in [7, 11) is 0. The normalized spacial score (nSPS) is 11.0. The van der Waals surface area contributed by atoms with Crippen molar-refractivity contribution in [1.82, 2.24) is 0 Å². The van der Waals surface area contributed by atoms with Gasteiger partial charge in [0.15, 0.2) is 5.96 Å². The maximum atomic E-state index is 10.7. The molecule has 0 spiro atoms. The average Bonchev–Trinajstić information content (AvgIpc) is 2.19. The van der Waals surface area contributed by atoms with Gasteiger partial charge in [-0.3, -0.25) is 10.1 Å². The third-order valence-corrected chi connectivity index (χ3v) is 2.28. The minimum atomic E-state index is -0.542. The lowest BCUT2D eigenvalue weighted by Gasteiger charge is -1.98. The van der Waals surface area contributed by atoms with Gasteiger partial charge in [-0.2, -0.15) is 4.99 Å². The number of nitro benzene ring substituents is 1. The molecule has 0 fully saturated rings. The number of benzene rings is 1. The molecular weight excluding hydrogens is 292 g/mol. The predicted molar refractivity (Wildman–Crippen MR) is 67.9 cm³/mol. The van der Waals surface area contributed by atoms with Crippen molar-refractivity contribution < 1.29 is 4.92 Å². The minimum absolute atomic E-state index is 0.122. The van der Waals surface area contributed by atoms with Gasteiger partial charge >= 0.3 is 0 Å². The second-order valence-corrected chi connectivity index (χ2v) is 3.75. The fraction of sp³-hybridized carbons (Fsp3) is 0. The first-order valence-corrected chi connectivity index (χ1v) is 5.07. The van der Waals surface area contributed by atoms with Crippen LogP contribution in [0, 0.1) is 10.1 Å². The number of hydrogen-bond donors (Lipinski definition) is 3. The molecule has 1 aromatic rings. The van der Waals surface area contributed by atoms with Gasteiger partial charge in [-0.1, -0.05) is 0 Å². The summed E-state index contributed by atoms with van der Waals surface area (Å²) < 4.78 is 0.349. The summed E-state index contributed by atoms with van der Waals surface area (Å²) in [4.78, 5) is 17.4. The SMILES string of the molecule is NC(N)=NC(N)=Nc1ccc(Br)c([N+](=O)[O-])c1. The maximum Gasteiger partial charge on any atom is 0.285 e. The van der Waals surface area contributed by atoms with Gasteiger partial charge in [-0.25, -0.2) is 4.99 Å². The summed E-state index contributed by atoms with van der Waals surface area (Å²) in [5, 5.41) is 10.7. The minimum Gasteiger partial charge on any atom is -0.370 e. The number of halogens is 1. The number of nitro groups is 1. The molecule has 17 heavy (non-hydrogen) atoms. The molecule has 1 aromatic carbocycles. The zero-order valence-electron chi connectivity index (χ0n) is 8.50. The molecule has 0 saturated heterocycles. The van der Waals surface area contributed by atoms with Crippen molar-refractivity contribution in [3.63, 3.8) is 0 Å². The molecule has 0 bridgehead atoms. The molecular formula is C8H9BrN6O2. The van der Waals surface area contributed by atoms with E-state index in [1.807, 2.05) is 0 Å². The molecule has 0 aliphatic carbocycles. The van der Waals surface area contributed by atoms with Crippen LogP contribution in [-0.4, -0.2) is 16.8 Å². The van der Waals surface area contributed by atoms with Crippen LogP contribution in [0.15, 0.2) is 32.7 Å². The first kappa shape index (κ1) is 12.9. The lowest BCUT2D eigenvalue weighted by molar-refractivity contribution is -0.385. The van der Waals surface area contributed by atoms with Gasteiger partial charge in [0.05, 0.1) is 15.1 Å². The van der Waals surface area contributed by atoms with Crippen molar-refractivity contribution in [3.8, 4) is 0 Å². The highest BCUT2D eigenvalue weighted by atomic mass is 79.9. The van der Waals surface area contributed by atoms with E-state index < -0.39 is 4.92 Å². The van der Waals surface area contributed by atoms with Crippen molar-refractivity contribution in [2.45, 2.75) is 0 Å². The first-order valence-electron chi connectivity index (χ1n) is 4.28. The molecule has 1 rings (SSSR count). The summed E-state index contributed by atoms with van der Waals surface area (Å²) >= 11 is 3.05. The number of aliphatic imine (C=N–C) groups is 2. The van der Waals surface area contributed by atoms with Crippen molar-refractivity contribution >= 4 is 39.2 Å². The molecule has 0 heterocycles. The Labute approximate surface area is 104 Å². The Balaban J connectivity index is 3.13. The average molecular weight is 301 g/mol. The van der Waals surface area contributed by atoms with E-state index in [4.69, 9.17) is 17.2 Å². The lowest BCUT2D eigenvalue weighted by atomic mass is 10.3. The van der Waals surface area contributed by atoms with E-state index >= 15 is 0 Å². The largest absolute Gasteiger partial charge is 0.370 e. The number of rotatable bonds is 2. The second kappa shape index (κ2) is 5.25. The van der Waals surface area contributed by atoms with Gasteiger partial charge in [0.2, 0.25) is 5.96 Å². The Morgan fingerprint density at radius 2 is 2.00 bits per heavy atom. The summed E-state index contributed by atoms with van der Waals surface area (Å²) in [6.07, 6.45) is 0. The molecule has 0 aliphatic heterocycles. The van der Waals surface area contributed by atoms with Crippen LogP contribution < -0.4 is 17.2 Å². The zero-order chi connectivity index (χ0) is 13.0. The Morgan fingerprint density at radius 3 is 2.53 bits per heavy atom. The molecule has 0 aliphatic rings. The van der Waals surface area contributed by atoms with Crippen LogP contribution in [0.2, 0.25) is 0 Å². The quantitative estimate of drug-likeness (QED) is 0.316. The van der Waals surface area contributed by atoms with Crippen molar-refractivity contribution in [2.75, 3.05) is 0 Å². The Kier molecular flexibility index (Phi) is 3.99. The van der Waals surface area contributed by atoms with Crippen molar-refractivity contribution in [1.29, 1.82) is 0 Å². The molecule has 0 unspecified atom stereocenters. The smallest absolute Gasteiger partial charge is 0.285 e. The molecule has 90 valence electrons.